The van der Waals surface area contributed by atoms with Gasteiger partial charge in [0.1, 0.15) is 0 Å². The highest BCUT2D eigenvalue weighted by Gasteiger charge is 2.15. The first kappa shape index (κ1) is 13.3. The lowest BCUT2D eigenvalue weighted by atomic mass is 10.1. The first-order valence-corrected chi connectivity index (χ1v) is 7.17. The highest BCUT2D eigenvalue weighted by molar-refractivity contribution is 9.10. The molecule has 0 aromatic carbocycles. The number of pyridine rings is 1. The van der Waals surface area contributed by atoms with Crippen LogP contribution in [0.3, 0.4) is 0 Å². The number of hydrogen-bond donors (Lipinski definition) is 1. The summed E-state index contributed by atoms with van der Waals surface area (Å²) >= 11 is 3.37. The van der Waals surface area contributed by atoms with E-state index >= 15 is 0 Å². The lowest BCUT2D eigenvalue weighted by Crippen LogP contribution is -2.36. The Balaban J connectivity index is 1.73. The van der Waals surface area contributed by atoms with Crippen molar-refractivity contribution in [2.75, 3.05) is 25.0 Å². The third-order valence-electron chi connectivity index (χ3n) is 3.08. The van der Waals surface area contributed by atoms with Gasteiger partial charge in [0, 0.05) is 36.7 Å². The number of aromatic nitrogens is 1. The molecule has 0 unspecified atom stereocenters. The summed E-state index contributed by atoms with van der Waals surface area (Å²) in [6, 6.07) is 1.96. The molecule has 0 atom stereocenters. The van der Waals surface area contributed by atoms with Gasteiger partial charge in [-0.05, 0) is 41.3 Å². The van der Waals surface area contributed by atoms with Gasteiger partial charge < -0.3 is 10.2 Å². The average molecular weight is 312 g/mol. The molecule has 0 aliphatic carbocycles. The van der Waals surface area contributed by atoms with E-state index in [2.05, 4.69) is 26.2 Å². The molecule has 0 radical (unpaired) electrons. The van der Waals surface area contributed by atoms with Crippen LogP contribution in [0.4, 0.5) is 5.69 Å². The Morgan fingerprint density at radius 1 is 1.33 bits per heavy atom. The monoisotopic (exact) mass is 311 g/mol. The summed E-state index contributed by atoms with van der Waals surface area (Å²) in [5.41, 5.74) is 0.941. The summed E-state index contributed by atoms with van der Waals surface area (Å²) in [4.78, 5) is 18.0. The minimum atomic E-state index is 0.255. The molecule has 5 heteroatoms. The number of piperidine rings is 1. The number of hydrogen-bond acceptors (Lipinski definition) is 3. The Morgan fingerprint density at radius 2 is 2.11 bits per heavy atom. The van der Waals surface area contributed by atoms with Crippen molar-refractivity contribution in [1.82, 2.24) is 9.88 Å². The van der Waals surface area contributed by atoms with Crippen molar-refractivity contribution in [2.45, 2.75) is 25.7 Å². The molecule has 98 valence electrons. The minimum absolute atomic E-state index is 0.255. The zero-order valence-electron chi connectivity index (χ0n) is 10.4. The van der Waals surface area contributed by atoms with Crippen LogP contribution < -0.4 is 5.32 Å². The van der Waals surface area contributed by atoms with Crippen LogP contribution in [0.15, 0.2) is 22.9 Å². The summed E-state index contributed by atoms with van der Waals surface area (Å²) in [7, 11) is 0. The predicted molar refractivity (Wildman–Crippen MR) is 75.5 cm³/mol. The van der Waals surface area contributed by atoms with E-state index in [0.29, 0.717) is 13.0 Å². The normalized spacial score (nSPS) is 15.5. The fourth-order valence-electron chi connectivity index (χ4n) is 2.12. The number of amides is 1. The van der Waals surface area contributed by atoms with E-state index in [1.165, 1.54) is 6.42 Å². The second kappa shape index (κ2) is 6.73. The molecule has 1 fully saturated rings. The molecule has 4 nitrogen and oxygen atoms in total. The van der Waals surface area contributed by atoms with Crippen molar-refractivity contribution in [2.24, 2.45) is 0 Å². The molecule has 1 aromatic heterocycles. The first-order valence-electron chi connectivity index (χ1n) is 6.38. The van der Waals surface area contributed by atoms with Crippen LogP contribution in [-0.4, -0.2) is 35.4 Å². The quantitative estimate of drug-likeness (QED) is 0.930. The standard InChI is InChI=1S/C13H18BrN3O/c14-11-8-12(10-15-9-11)16-5-4-13(18)17-6-2-1-3-7-17/h8-10,16H,1-7H2. The average Bonchev–Trinajstić information content (AvgIpc) is 2.40. The van der Waals surface area contributed by atoms with E-state index in [1.807, 2.05) is 11.0 Å². The van der Waals surface area contributed by atoms with E-state index in [9.17, 15) is 4.79 Å². The highest BCUT2D eigenvalue weighted by atomic mass is 79.9. The Morgan fingerprint density at radius 3 is 2.83 bits per heavy atom. The van der Waals surface area contributed by atoms with Gasteiger partial charge in [0.15, 0.2) is 0 Å². The van der Waals surface area contributed by atoms with E-state index in [-0.39, 0.29) is 5.91 Å². The molecule has 0 saturated carbocycles. The fraction of sp³-hybridized carbons (Fsp3) is 0.538. The van der Waals surface area contributed by atoms with Crippen LogP contribution in [0.5, 0.6) is 0 Å². The number of nitrogens with one attached hydrogen (secondary N) is 1. The van der Waals surface area contributed by atoms with Crippen molar-refractivity contribution in [3.8, 4) is 0 Å². The molecule has 1 amide bonds. The number of nitrogens with zero attached hydrogens (tertiary/aromatic N) is 2. The zero-order chi connectivity index (χ0) is 12.8. The predicted octanol–water partition coefficient (Wildman–Crippen LogP) is 2.66. The Kier molecular flexibility index (Phi) is 4.99. The van der Waals surface area contributed by atoms with Gasteiger partial charge in [-0.3, -0.25) is 9.78 Å². The van der Waals surface area contributed by atoms with E-state index in [1.54, 1.807) is 12.4 Å². The van der Waals surface area contributed by atoms with Crippen molar-refractivity contribution in [3.63, 3.8) is 0 Å². The van der Waals surface area contributed by atoms with Crippen molar-refractivity contribution in [1.29, 1.82) is 0 Å². The third-order valence-corrected chi connectivity index (χ3v) is 3.52. The second-order valence-corrected chi connectivity index (χ2v) is 5.43. The van der Waals surface area contributed by atoms with Gasteiger partial charge in [0.2, 0.25) is 5.91 Å². The van der Waals surface area contributed by atoms with Crippen molar-refractivity contribution >= 4 is 27.5 Å². The van der Waals surface area contributed by atoms with Crippen LogP contribution >= 0.6 is 15.9 Å². The van der Waals surface area contributed by atoms with E-state index in [4.69, 9.17) is 0 Å². The molecule has 1 aliphatic heterocycles. The summed E-state index contributed by atoms with van der Waals surface area (Å²) in [6.45, 7) is 2.52. The summed E-state index contributed by atoms with van der Waals surface area (Å²) in [5, 5.41) is 3.22. The second-order valence-electron chi connectivity index (χ2n) is 4.51. The van der Waals surface area contributed by atoms with E-state index < -0.39 is 0 Å². The Bertz CT molecular complexity index is 405. The smallest absolute Gasteiger partial charge is 0.224 e. The van der Waals surface area contributed by atoms with Crippen molar-refractivity contribution < 1.29 is 4.79 Å². The van der Waals surface area contributed by atoms with Gasteiger partial charge in [-0.25, -0.2) is 0 Å². The first-order chi connectivity index (χ1) is 8.75. The molecule has 0 bridgehead atoms. The number of carbonyl (C=O) groups is 1. The number of halogens is 1. The molecule has 1 N–H and O–H groups in total. The lowest BCUT2D eigenvalue weighted by molar-refractivity contribution is -0.131. The minimum Gasteiger partial charge on any atom is -0.383 e. The largest absolute Gasteiger partial charge is 0.383 e. The molecule has 2 rings (SSSR count). The van der Waals surface area contributed by atoms with Gasteiger partial charge in [-0.1, -0.05) is 0 Å². The van der Waals surface area contributed by atoms with Gasteiger partial charge in [-0.2, -0.15) is 0 Å². The highest BCUT2D eigenvalue weighted by Crippen LogP contribution is 2.14. The van der Waals surface area contributed by atoms with Crippen LogP contribution in [0.2, 0.25) is 0 Å². The zero-order valence-corrected chi connectivity index (χ0v) is 11.9. The molecule has 0 spiro atoms. The molecular weight excluding hydrogens is 294 g/mol. The molecule has 1 aromatic rings. The molecule has 2 heterocycles. The number of rotatable bonds is 4. The SMILES string of the molecule is O=C(CCNc1cncc(Br)c1)N1CCCCC1. The summed E-state index contributed by atoms with van der Waals surface area (Å²) < 4.78 is 0.940. The van der Waals surface area contributed by atoms with Gasteiger partial charge >= 0.3 is 0 Å². The third kappa shape index (κ3) is 3.98. The molecule has 1 aliphatic rings. The van der Waals surface area contributed by atoms with Gasteiger partial charge in [-0.15, -0.1) is 0 Å². The van der Waals surface area contributed by atoms with Gasteiger partial charge in [0.05, 0.1) is 11.9 Å². The van der Waals surface area contributed by atoms with Crippen molar-refractivity contribution in [3.05, 3.63) is 22.9 Å². The molecule has 18 heavy (non-hydrogen) atoms. The lowest BCUT2D eigenvalue weighted by Gasteiger charge is -2.26. The molecule has 1 saturated heterocycles. The maximum absolute atomic E-state index is 11.9. The topological polar surface area (TPSA) is 45.2 Å². The van der Waals surface area contributed by atoms with E-state index in [0.717, 1.165) is 36.1 Å². The van der Waals surface area contributed by atoms with Crippen LogP contribution in [0.25, 0.3) is 0 Å². The number of anilines is 1. The Hall–Kier alpha value is -1.10. The maximum Gasteiger partial charge on any atom is 0.224 e. The number of carbonyl (C=O) groups excluding carboxylic acids is 1. The van der Waals surface area contributed by atoms with Crippen LogP contribution in [0.1, 0.15) is 25.7 Å². The van der Waals surface area contributed by atoms with Crippen LogP contribution in [0, 0.1) is 0 Å². The number of likely N-dealkylation sites (tertiary alicyclic amines) is 1. The maximum atomic E-state index is 11.9. The van der Waals surface area contributed by atoms with Gasteiger partial charge in [0.25, 0.3) is 0 Å². The molecular formula is C13H18BrN3O. The Labute approximate surface area is 116 Å². The van der Waals surface area contributed by atoms with Crippen LogP contribution in [-0.2, 0) is 4.79 Å². The summed E-state index contributed by atoms with van der Waals surface area (Å²) in [5.74, 6) is 0.255. The summed E-state index contributed by atoms with van der Waals surface area (Å²) in [6.07, 6.45) is 7.60. The fourth-order valence-corrected chi connectivity index (χ4v) is 2.49.